The van der Waals surface area contributed by atoms with Gasteiger partial charge in [-0.3, -0.25) is 0 Å². The maximum absolute atomic E-state index is 6.62. The van der Waals surface area contributed by atoms with Crippen LogP contribution in [0.2, 0.25) is 0 Å². The molecule has 0 atom stereocenters. The molecule has 4 heteroatoms. The van der Waals surface area contributed by atoms with E-state index >= 15 is 0 Å². The highest BCUT2D eigenvalue weighted by Crippen LogP contribution is 2.64. The molecular weight excluding hydrogens is 549 g/mol. The van der Waals surface area contributed by atoms with Crippen LogP contribution in [0.5, 0.6) is 0 Å². The first-order chi connectivity index (χ1) is 21.8. The number of nitrogens with zero attached hydrogens (tertiary/aromatic N) is 1. The average molecular weight is 584 g/mol. The summed E-state index contributed by atoms with van der Waals surface area (Å²) in [6.45, 7) is 8.48. The van der Waals surface area contributed by atoms with Crippen molar-refractivity contribution in [2.75, 3.05) is 4.90 Å². The normalized spacial score (nSPS) is 18.0. The van der Waals surface area contributed by atoms with Gasteiger partial charge in [0.25, 0.3) is 0 Å². The molecule has 1 saturated heterocycles. The van der Waals surface area contributed by atoms with Crippen molar-refractivity contribution in [2.45, 2.75) is 44.3 Å². The number of hydrogen-bond donors (Lipinski definition) is 0. The van der Waals surface area contributed by atoms with Crippen molar-refractivity contribution in [2.24, 2.45) is 0 Å². The monoisotopic (exact) mass is 583 g/mol. The minimum Gasteiger partial charge on any atom is -0.399 e. The Bertz CT molecular complexity index is 2090. The number of rotatable bonds is 2. The molecule has 1 aliphatic carbocycles. The Labute approximate surface area is 265 Å². The molecule has 0 amide bonds. The molecule has 2 heterocycles. The van der Waals surface area contributed by atoms with Gasteiger partial charge in [-0.25, -0.2) is 0 Å². The van der Waals surface area contributed by atoms with Crippen molar-refractivity contribution in [3.63, 3.8) is 0 Å². The maximum Gasteiger partial charge on any atom is 0.494 e. The van der Waals surface area contributed by atoms with E-state index in [2.05, 4.69) is 166 Å². The van der Waals surface area contributed by atoms with Crippen LogP contribution in [0.4, 0.5) is 17.1 Å². The molecule has 0 unspecified atom stereocenters. The molecule has 1 spiro atoms. The molecular formula is C41H34BNO2. The summed E-state index contributed by atoms with van der Waals surface area (Å²) in [6.07, 6.45) is 0. The molecule has 45 heavy (non-hydrogen) atoms. The van der Waals surface area contributed by atoms with Gasteiger partial charge < -0.3 is 14.2 Å². The lowest BCUT2D eigenvalue weighted by Gasteiger charge is -2.45. The predicted molar refractivity (Wildman–Crippen MR) is 185 cm³/mol. The Morgan fingerprint density at radius 3 is 1.80 bits per heavy atom. The third-order valence-electron chi connectivity index (χ3n) is 10.7. The fourth-order valence-corrected chi connectivity index (χ4v) is 7.93. The van der Waals surface area contributed by atoms with Crippen LogP contribution in [0.25, 0.3) is 21.9 Å². The smallest absolute Gasteiger partial charge is 0.399 e. The van der Waals surface area contributed by atoms with Crippen molar-refractivity contribution in [3.05, 3.63) is 156 Å². The summed E-state index contributed by atoms with van der Waals surface area (Å²) in [4.78, 5) is 2.43. The summed E-state index contributed by atoms with van der Waals surface area (Å²) in [5.74, 6) is 0. The van der Waals surface area contributed by atoms with E-state index in [-0.39, 0.29) is 0 Å². The zero-order chi connectivity index (χ0) is 30.6. The quantitative estimate of drug-likeness (QED) is 0.189. The molecule has 0 saturated carbocycles. The first-order valence-electron chi connectivity index (χ1n) is 15.9. The number of anilines is 3. The molecule has 0 N–H and O–H groups in total. The molecule has 0 bridgehead atoms. The summed E-state index contributed by atoms with van der Waals surface area (Å²) in [7, 11) is -0.451. The average Bonchev–Trinajstić information content (AvgIpc) is 3.48. The molecule has 6 aromatic carbocycles. The maximum atomic E-state index is 6.62. The fraction of sp³-hybridized carbons (Fsp3) is 0.171. The Balaban J connectivity index is 1.41. The Morgan fingerprint density at radius 2 is 1.11 bits per heavy atom. The van der Waals surface area contributed by atoms with Gasteiger partial charge in [0.05, 0.1) is 28.0 Å². The van der Waals surface area contributed by atoms with Crippen molar-refractivity contribution in [1.29, 1.82) is 0 Å². The summed E-state index contributed by atoms with van der Waals surface area (Å²) in [6, 6.07) is 49.0. The molecule has 0 aromatic heterocycles. The SMILES string of the molecule is CC1(C)OB(c2ccc3c(c2)C2(c4ccccc4N(c4ccccc4)c4ccccc42)c2c-3ccc3ccccc23)OC1(C)C. The van der Waals surface area contributed by atoms with Crippen molar-refractivity contribution < 1.29 is 9.31 Å². The first kappa shape index (κ1) is 26.7. The van der Waals surface area contributed by atoms with Crippen LogP contribution < -0.4 is 10.4 Å². The molecule has 3 nitrogen and oxygen atoms in total. The van der Waals surface area contributed by atoms with Crippen LogP contribution in [0, 0.1) is 0 Å². The lowest BCUT2D eigenvalue weighted by Crippen LogP contribution is -2.41. The minimum atomic E-state index is -0.552. The number of para-hydroxylation sites is 3. The number of benzene rings is 6. The zero-order valence-corrected chi connectivity index (χ0v) is 26.0. The summed E-state index contributed by atoms with van der Waals surface area (Å²) in [5.41, 5.74) is 10.9. The molecule has 6 aromatic rings. The molecule has 218 valence electrons. The van der Waals surface area contributed by atoms with E-state index < -0.39 is 23.7 Å². The van der Waals surface area contributed by atoms with Crippen LogP contribution in [0.1, 0.15) is 49.9 Å². The van der Waals surface area contributed by atoms with Crippen molar-refractivity contribution >= 4 is 40.4 Å². The third-order valence-corrected chi connectivity index (χ3v) is 10.7. The molecule has 3 aliphatic rings. The number of fused-ring (bicyclic) bond motifs is 11. The van der Waals surface area contributed by atoms with E-state index in [0.29, 0.717) is 0 Å². The summed E-state index contributed by atoms with van der Waals surface area (Å²) < 4.78 is 13.2. The van der Waals surface area contributed by atoms with Crippen LogP contribution in [-0.2, 0) is 14.7 Å². The molecule has 0 radical (unpaired) electrons. The van der Waals surface area contributed by atoms with Crippen LogP contribution in [0.15, 0.2) is 133 Å². The van der Waals surface area contributed by atoms with E-state index in [0.717, 1.165) is 11.2 Å². The van der Waals surface area contributed by atoms with E-state index in [4.69, 9.17) is 9.31 Å². The highest BCUT2D eigenvalue weighted by atomic mass is 16.7. The largest absolute Gasteiger partial charge is 0.494 e. The van der Waals surface area contributed by atoms with E-state index in [1.54, 1.807) is 0 Å². The van der Waals surface area contributed by atoms with E-state index in [1.807, 2.05) is 0 Å². The predicted octanol–water partition coefficient (Wildman–Crippen LogP) is 9.29. The molecule has 1 fully saturated rings. The van der Waals surface area contributed by atoms with E-state index in [9.17, 15) is 0 Å². The lowest BCUT2D eigenvalue weighted by atomic mass is 9.63. The summed E-state index contributed by atoms with van der Waals surface area (Å²) in [5, 5.41) is 2.52. The van der Waals surface area contributed by atoms with Gasteiger partial charge in [0.15, 0.2) is 0 Å². The number of hydrogen-bond acceptors (Lipinski definition) is 3. The van der Waals surface area contributed by atoms with Gasteiger partial charge in [0.1, 0.15) is 0 Å². The molecule has 9 rings (SSSR count). The second-order valence-electron chi connectivity index (χ2n) is 13.6. The van der Waals surface area contributed by atoms with Gasteiger partial charge in [0, 0.05) is 5.69 Å². The van der Waals surface area contributed by atoms with Crippen LogP contribution in [-0.4, -0.2) is 18.3 Å². The third kappa shape index (κ3) is 3.50. The zero-order valence-electron chi connectivity index (χ0n) is 26.0. The van der Waals surface area contributed by atoms with Gasteiger partial charge in [-0.15, -0.1) is 0 Å². The Morgan fingerprint density at radius 1 is 0.533 bits per heavy atom. The summed E-state index contributed by atoms with van der Waals surface area (Å²) >= 11 is 0. The Kier molecular flexibility index (Phi) is 5.47. The minimum absolute atomic E-state index is 0.423. The van der Waals surface area contributed by atoms with Gasteiger partial charge >= 0.3 is 7.12 Å². The van der Waals surface area contributed by atoms with Crippen LogP contribution in [0.3, 0.4) is 0 Å². The van der Waals surface area contributed by atoms with Gasteiger partial charge in [-0.05, 0) is 102 Å². The second-order valence-corrected chi connectivity index (χ2v) is 13.6. The Hall–Kier alpha value is -4.64. The fourth-order valence-electron chi connectivity index (χ4n) is 7.93. The van der Waals surface area contributed by atoms with Crippen molar-refractivity contribution in [3.8, 4) is 11.1 Å². The lowest BCUT2D eigenvalue weighted by molar-refractivity contribution is 0.00578. The van der Waals surface area contributed by atoms with Crippen LogP contribution >= 0.6 is 0 Å². The molecule has 2 aliphatic heterocycles. The van der Waals surface area contributed by atoms with E-state index in [1.165, 1.54) is 55.5 Å². The highest BCUT2D eigenvalue weighted by molar-refractivity contribution is 6.62. The first-order valence-corrected chi connectivity index (χ1v) is 15.9. The van der Waals surface area contributed by atoms with Gasteiger partial charge in [-0.1, -0.05) is 109 Å². The highest BCUT2D eigenvalue weighted by Gasteiger charge is 2.55. The van der Waals surface area contributed by atoms with Gasteiger partial charge in [0.2, 0.25) is 0 Å². The topological polar surface area (TPSA) is 21.7 Å². The van der Waals surface area contributed by atoms with Gasteiger partial charge in [-0.2, -0.15) is 0 Å². The standard InChI is InChI=1S/C41H34BNO2/c1-39(2)40(3,4)45-42(44-39)28-23-25-31-32-24-22-27-14-8-9-17-30(27)38(32)41(35(31)26-28)33-18-10-12-20-36(33)43(29-15-6-5-7-16-29)37-21-13-11-19-34(37)41/h5-26H,1-4H3. The van der Waals surface area contributed by atoms with Crippen molar-refractivity contribution in [1.82, 2.24) is 0 Å². The second kappa shape index (κ2) is 9.20.